The molecule has 1 spiro atoms. The summed E-state index contributed by atoms with van der Waals surface area (Å²) in [5.74, 6) is -0.341. The van der Waals surface area contributed by atoms with Crippen molar-refractivity contribution in [1.29, 1.82) is 0 Å². The molecule has 1 aromatic heterocycles. The van der Waals surface area contributed by atoms with Gasteiger partial charge in [-0.25, -0.2) is 0 Å². The van der Waals surface area contributed by atoms with E-state index in [0.717, 1.165) is 0 Å². The first-order valence-corrected chi connectivity index (χ1v) is 12.0. The zero-order valence-corrected chi connectivity index (χ0v) is 20.7. The summed E-state index contributed by atoms with van der Waals surface area (Å²) in [6.07, 6.45) is 3.08. The van der Waals surface area contributed by atoms with Gasteiger partial charge >= 0.3 is 0 Å². The van der Waals surface area contributed by atoms with Gasteiger partial charge in [0.25, 0.3) is 17.7 Å². The molecule has 8 nitrogen and oxygen atoms in total. The van der Waals surface area contributed by atoms with E-state index in [9.17, 15) is 14.4 Å². The highest BCUT2D eigenvalue weighted by Crippen LogP contribution is 2.40. The molecule has 2 aromatic carbocycles. The Morgan fingerprint density at radius 2 is 1.69 bits per heavy atom. The molecule has 0 aliphatic carbocycles. The van der Waals surface area contributed by atoms with Gasteiger partial charge in [-0.05, 0) is 62.4 Å². The Hall–Kier alpha value is -3.91. The van der Waals surface area contributed by atoms with Gasteiger partial charge in [-0.15, -0.1) is 0 Å². The minimum atomic E-state index is -0.801. The molecule has 0 bridgehead atoms. The molecule has 0 saturated carbocycles. The van der Waals surface area contributed by atoms with Gasteiger partial charge in [0.1, 0.15) is 0 Å². The first kappa shape index (κ1) is 23.8. The molecule has 2 aliphatic heterocycles. The standard InChI is InChI=1S/C27H25ClN4O4/c1-17(2)32-16-27(14-31(15-27)25(34)19-6-8-20(28)9-7-19)36-23-21(26(32)35)4-3-5-22(23)30-24(33)18-10-12-29-13-11-18/h3-13,17H,14-16H2,1-2H3,(H,30,33). The smallest absolute Gasteiger partial charge is 0.258 e. The van der Waals surface area contributed by atoms with Crippen molar-refractivity contribution < 1.29 is 19.1 Å². The lowest BCUT2D eigenvalue weighted by Crippen LogP contribution is -2.70. The van der Waals surface area contributed by atoms with Gasteiger partial charge in [-0.1, -0.05) is 17.7 Å². The second-order valence-corrected chi connectivity index (χ2v) is 9.79. The van der Waals surface area contributed by atoms with Crippen molar-refractivity contribution >= 4 is 35.0 Å². The van der Waals surface area contributed by atoms with Gasteiger partial charge in [-0.2, -0.15) is 0 Å². The number of nitrogens with zero attached hydrogens (tertiary/aromatic N) is 3. The van der Waals surface area contributed by atoms with Crippen molar-refractivity contribution in [3.8, 4) is 5.75 Å². The van der Waals surface area contributed by atoms with Gasteiger partial charge in [0, 0.05) is 34.6 Å². The molecular formula is C27H25ClN4O4. The molecule has 1 saturated heterocycles. The molecule has 0 atom stereocenters. The van der Waals surface area contributed by atoms with Crippen LogP contribution in [-0.4, -0.2) is 63.8 Å². The quantitative estimate of drug-likeness (QED) is 0.577. The number of likely N-dealkylation sites (tertiary alicyclic amines) is 1. The van der Waals surface area contributed by atoms with E-state index in [1.807, 2.05) is 13.8 Å². The number of hydrogen-bond acceptors (Lipinski definition) is 5. The number of carbonyl (C=O) groups excluding carboxylic acids is 3. The zero-order valence-electron chi connectivity index (χ0n) is 19.9. The number of nitrogens with one attached hydrogen (secondary N) is 1. The molecule has 0 unspecified atom stereocenters. The average Bonchev–Trinajstić information content (AvgIpc) is 2.99. The number of amides is 3. The Bertz CT molecular complexity index is 1320. The molecular weight excluding hydrogens is 480 g/mol. The fourth-order valence-corrected chi connectivity index (χ4v) is 4.67. The predicted octanol–water partition coefficient (Wildman–Crippen LogP) is 4.13. The minimum absolute atomic E-state index is 0.0833. The number of anilines is 1. The zero-order chi connectivity index (χ0) is 25.4. The summed E-state index contributed by atoms with van der Waals surface area (Å²) in [6, 6.07) is 15.0. The van der Waals surface area contributed by atoms with Crippen LogP contribution in [0.2, 0.25) is 5.02 Å². The van der Waals surface area contributed by atoms with Crippen molar-refractivity contribution in [3.05, 3.63) is 88.7 Å². The molecule has 36 heavy (non-hydrogen) atoms. The van der Waals surface area contributed by atoms with Crippen LogP contribution in [-0.2, 0) is 0 Å². The molecule has 1 N–H and O–H groups in total. The molecule has 5 rings (SSSR count). The summed E-state index contributed by atoms with van der Waals surface area (Å²) in [6.45, 7) is 4.82. The fraction of sp³-hybridized carbons (Fsp3) is 0.259. The van der Waals surface area contributed by atoms with Crippen LogP contribution in [0.5, 0.6) is 5.75 Å². The summed E-state index contributed by atoms with van der Waals surface area (Å²) in [5.41, 5.74) is 0.936. The van der Waals surface area contributed by atoms with Crippen molar-refractivity contribution in [2.45, 2.75) is 25.5 Å². The van der Waals surface area contributed by atoms with E-state index in [4.69, 9.17) is 16.3 Å². The van der Waals surface area contributed by atoms with E-state index < -0.39 is 5.60 Å². The SMILES string of the molecule is CC(C)N1CC2(CN(C(=O)c3ccc(Cl)cc3)C2)Oc2c(NC(=O)c3ccncc3)cccc2C1=O. The van der Waals surface area contributed by atoms with Gasteiger partial charge in [0.05, 0.1) is 30.9 Å². The summed E-state index contributed by atoms with van der Waals surface area (Å²) in [5, 5.41) is 3.43. The third-order valence-corrected chi connectivity index (χ3v) is 6.69. The molecule has 0 radical (unpaired) electrons. The number of fused-ring (bicyclic) bond motifs is 1. The number of rotatable bonds is 4. The van der Waals surface area contributed by atoms with E-state index in [2.05, 4.69) is 10.3 Å². The number of benzene rings is 2. The van der Waals surface area contributed by atoms with Crippen molar-refractivity contribution in [1.82, 2.24) is 14.8 Å². The average molecular weight is 505 g/mol. The molecule has 1 fully saturated rings. The van der Waals surface area contributed by atoms with Gasteiger partial charge in [0.2, 0.25) is 0 Å². The lowest BCUT2D eigenvalue weighted by Gasteiger charge is -2.50. The van der Waals surface area contributed by atoms with Crippen molar-refractivity contribution in [2.75, 3.05) is 25.0 Å². The first-order chi connectivity index (χ1) is 17.3. The topological polar surface area (TPSA) is 91.8 Å². The molecule has 2 aliphatic rings. The third-order valence-electron chi connectivity index (χ3n) is 6.43. The van der Waals surface area contributed by atoms with E-state index in [1.165, 1.54) is 12.4 Å². The monoisotopic (exact) mass is 504 g/mol. The van der Waals surface area contributed by atoms with Crippen molar-refractivity contribution in [2.24, 2.45) is 0 Å². The molecule has 184 valence electrons. The van der Waals surface area contributed by atoms with Crippen LogP contribution in [0.4, 0.5) is 5.69 Å². The van der Waals surface area contributed by atoms with Crippen molar-refractivity contribution in [3.63, 3.8) is 0 Å². The lowest BCUT2D eigenvalue weighted by atomic mass is 9.91. The highest BCUT2D eigenvalue weighted by molar-refractivity contribution is 6.30. The molecule has 3 amide bonds. The Kier molecular flexibility index (Phi) is 6.14. The Morgan fingerprint density at radius 1 is 1.00 bits per heavy atom. The van der Waals surface area contributed by atoms with Crippen LogP contribution in [0.15, 0.2) is 67.0 Å². The van der Waals surface area contributed by atoms with Gasteiger partial charge in [0.15, 0.2) is 11.4 Å². The number of halogens is 1. The summed E-state index contributed by atoms with van der Waals surface area (Å²) >= 11 is 5.96. The van der Waals surface area contributed by atoms with Crippen LogP contribution in [0, 0.1) is 0 Å². The van der Waals surface area contributed by atoms with E-state index in [1.54, 1.807) is 64.4 Å². The van der Waals surface area contributed by atoms with Crippen LogP contribution in [0.25, 0.3) is 0 Å². The number of para-hydroxylation sites is 1. The highest BCUT2D eigenvalue weighted by Gasteiger charge is 2.52. The summed E-state index contributed by atoms with van der Waals surface area (Å²) in [4.78, 5) is 46.8. The second kappa shape index (κ2) is 9.28. The van der Waals surface area contributed by atoms with Gasteiger partial charge in [-0.3, -0.25) is 19.4 Å². The minimum Gasteiger partial charge on any atom is -0.479 e. The third kappa shape index (κ3) is 4.40. The maximum absolute atomic E-state index is 13.5. The summed E-state index contributed by atoms with van der Waals surface area (Å²) in [7, 11) is 0. The second-order valence-electron chi connectivity index (χ2n) is 9.35. The normalized spacial score (nSPS) is 16.2. The summed E-state index contributed by atoms with van der Waals surface area (Å²) < 4.78 is 6.53. The predicted molar refractivity (Wildman–Crippen MR) is 136 cm³/mol. The highest BCUT2D eigenvalue weighted by atomic mass is 35.5. The van der Waals surface area contributed by atoms with Crippen LogP contribution < -0.4 is 10.1 Å². The van der Waals surface area contributed by atoms with E-state index in [-0.39, 0.29) is 23.8 Å². The fourth-order valence-electron chi connectivity index (χ4n) is 4.55. The van der Waals surface area contributed by atoms with Crippen LogP contribution in [0.3, 0.4) is 0 Å². The van der Waals surface area contributed by atoms with E-state index >= 15 is 0 Å². The number of ether oxygens (including phenoxy) is 1. The first-order valence-electron chi connectivity index (χ1n) is 11.7. The molecule has 3 heterocycles. The lowest BCUT2D eigenvalue weighted by molar-refractivity contribution is -0.0731. The van der Waals surface area contributed by atoms with E-state index in [0.29, 0.717) is 52.8 Å². The number of aromatic nitrogens is 1. The van der Waals surface area contributed by atoms with Crippen LogP contribution >= 0.6 is 11.6 Å². The Labute approximate surface area is 213 Å². The van der Waals surface area contributed by atoms with Gasteiger partial charge < -0.3 is 19.9 Å². The Balaban J connectivity index is 1.45. The molecule has 3 aromatic rings. The Morgan fingerprint density at radius 3 is 2.36 bits per heavy atom. The largest absolute Gasteiger partial charge is 0.479 e. The number of hydrogen-bond donors (Lipinski definition) is 1. The maximum atomic E-state index is 13.5. The molecule has 9 heteroatoms. The number of pyridine rings is 1. The number of carbonyl (C=O) groups is 3. The maximum Gasteiger partial charge on any atom is 0.258 e. The van der Waals surface area contributed by atoms with Crippen LogP contribution in [0.1, 0.15) is 44.9 Å².